The van der Waals surface area contributed by atoms with E-state index in [-0.39, 0.29) is 25.6 Å². The number of anilines is 1. The minimum Gasteiger partial charge on any atom is -0.484 e. The van der Waals surface area contributed by atoms with Crippen molar-refractivity contribution in [1.82, 2.24) is 10.6 Å². The highest BCUT2D eigenvalue weighted by Crippen LogP contribution is 2.15. The molecule has 0 aliphatic carbocycles. The molecule has 8 heteroatoms. The van der Waals surface area contributed by atoms with Crippen LogP contribution in [0.1, 0.15) is 26.3 Å². The van der Waals surface area contributed by atoms with Gasteiger partial charge in [0, 0.05) is 12.2 Å². The van der Waals surface area contributed by atoms with Crippen molar-refractivity contribution >= 4 is 23.6 Å². The normalized spacial score (nSPS) is 10.6. The number of carbonyl (C=O) groups is 3. The van der Waals surface area contributed by atoms with E-state index >= 15 is 0 Å². The van der Waals surface area contributed by atoms with Crippen LogP contribution in [-0.4, -0.2) is 36.7 Å². The zero-order valence-corrected chi connectivity index (χ0v) is 17.4. The lowest BCUT2D eigenvalue weighted by atomic mass is 10.1. The van der Waals surface area contributed by atoms with Gasteiger partial charge in [0.1, 0.15) is 17.9 Å². The van der Waals surface area contributed by atoms with Gasteiger partial charge in [-0.05, 0) is 44.5 Å². The van der Waals surface area contributed by atoms with Crippen molar-refractivity contribution in [2.75, 3.05) is 18.5 Å². The third kappa shape index (κ3) is 8.64. The summed E-state index contributed by atoms with van der Waals surface area (Å²) >= 11 is 0. The van der Waals surface area contributed by atoms with E-state index in [1.165, 1.54) is 0 Å². The lowest BCUT2D eigenvalue weighted by Crippen LogP contribution is -2.37. The molecule has 0 fully saturated rings. The van der Waals surface area contributed by atoms with Crippen molar-refractivity contribution in [3.8, 4) is 5.75 Å². The number of ether oxygens (including phenoxy) is 2. The minimum absolute atomic E-state index is 0.113. The summed E-state index contributed by atoms with van der Waals surface area (Å²) in [5.74, 6) is -0.0866. The zero-order chi connectivity index (χ0) is 22.0. The monoisotopic (exact) mass is 413 g/mol. The molecular formula is C22H27N3O5. The van der Waals surface area contributed by atoms with Crippen LogP contribution in [0.25, 0.3) is 0 Å². The third-order valence-corrected chi connectivity index (χ3v) is 3.67. The van der Waals surface area contributed by atoms with Gasteiger partial charge < -0.3 is 25.4 Å². The minimum atomic E-state index is -0.670. The first-order valence-corrected chi connectivity index (χ1v) is 9.52. The van der Waals surface area contributed by atoms with Crippen LogP contribution in [0.4, 0.5) is 10.5 Å². The van der Waals surface area contributed by atoms with Crippen LogP contribution in [0.2, 0.25) is 0 Å². The molecule has 3 amide bonds. The fraction of sp³-hybridized carbons (Fsp3) is 0.318. The van der Waals surface area contributed by atoms with Gasteiger partial charge in [-0.15, -0.1) is 0 Å². The highest BCUT2D eigenvalue weighted by atomic mass is 16.6. The topological polar surface area (TPSA) is 106 Å². The van der Waals surface area contributed by atoms with E-state index in [4.69, 9.17) is 9.47 Å². The zero-order valence-electron chi connectivity index (χ0n) is 17.4. The fourth-order valence-electron chi connectivity index (χ4n) is 2.37. The summed E-state index contributed by atoms with van der Waals surface area (Å²) in [4.78, 5) is 35.8. The van der Waals surface area contributed by atoms with Gasteiger partial charge in [0.15, 0.2) is 6.61 Å². The Bertz CT molecular complexity index is 863. The number of para-hydroxylation sites is 2. The van der Waals surface area contributed by atoms with Crippen molar-refractivity contribution in [2.45, 2.75) is 32.9 Å². The lowest BCUT2D eigenvalue weighted by Gasteiger charge is -2.19. The molecular weight excluding hydrogens is 386 g/mol. The van der Waals surface area contributed by atoms with Gasteiger partial charge in [-0.2, -0.15) is 0 Å². The number of hydrogen-bond acceptors (Lipinski definition) is 5. The van der Waals surface area contributed by atoms with Crippen LogP contribution in [0.3, 0.4) is 0 Å². The van der Waals surface area contributed by atoms with Crippen LogP contribution in [0, 0.1) is 0 Å². The Morgan fingerprint density at radius 1 is 0.867 bits per heavy atom. The molecule has 0 aliphatic heterocycles. The fourth-order valence-corrected chi connectivity index (χ4v) is 2.37. The number of hydrogen-bond donors (Lipinski definition) is 3. The molecule has 0 saturated heterocycles. The Morgan fingerprint density at radius 3 is 2.23 bits per heavy atom. The van der Waals surface area contributed by atoms with Crippen LogP contribution >= 0.6 is 0 Å². The summed E-state index contributed by atoms with van der Waals surface area (Å²) in [7, 11) is 0. The number of carbonyl (C=O) groups excluding carboxylic acids is 3. The van der Waals surface area contributed by atoms with E-state index in [1.54, 1.807) is 57.2 Å². The van der Waals surface area contributed by atoms with Gasteiger partial charge in [0.05, 0.1) is 0 Å². The molecule has 0 bridgehead atoms. The quantitative estimate of drug-likeness (QED) is 0.617. The van der Waals surface area contributed by atoms with E-state index in [0.29, 0.717) is 11.4 Å². The highest BCUT2D eigenvalue weighted by Gasteiger charge is 2.17. The van der Waals surface area contributed by atoms with Crippen LogP contribution in [0.15, 0.2) is 54.6 Å². The largest absolute Gasteiger partial charge is 0.484 e. The van der Waals surface area contributed by atoms with Gasteiger partial charge >= 0.3 is 6.09 Å². The summed E-state index contributed by atoms with van der Waals surface area (Å²) in [5, 5.41) is 7.87. The molecule has 0 aromatic heterocycles. The van der Waals surface area contributed by atoms with Crippen molar-refractivity contribution < 1.29 is 23.9 Å². The lowest BCUT2D eigenvalue weighted by molar-refractivity contribution is -0.123. The molecule has 2 rings (SSSR count). The van der Waals surface area contributed by atoms with E-state index < -0.39 is 17.6 Å². The molecule has 0 spiro atoms. The molecule has 0 aliphatic rings. The summed E-state index contributed by atoms with van der Waals surface area (Å²) in [5.41, 5.74) is 0.615. The number of alkyl carbamates (subject to hydrolysis) is 1. The van der Waals surface area contributed by atoms with Gasteiger partial charge in [0.25, 0.3) is 5.91 Å². The smallest absolute Gasteiger partial charge is 0.408 e. The molecule has 2 aromatic carbocycles. The molecule has 30 heavy (non-hydrogen) atoms. The van der Waals surface area contributed by atoms with Gasteiger partial charge in [0.2, 0.25) is 5.91 Å². The molecule has 8 nitrogen and oxygen atoms in total. The predicted molar refractivity (Wildman–Crippen MR) is 113 cm³/mol. The maximum absolute atomic E-state index is 12.1. The predicted octanol–water partition coefficient (Wildman–Crippen LogP) is 2.85. The van der Waals surface area contributed by atoms with Gasteiger partial charge in [-0.3, -0.25) is 9.59 Å². The molecule has 160 valence electrons. The second-order valence-electron chi connectivity index (χ2n) is 7.44. The van der Waals surface area contributed by atoms with Gasteiger partial charge in [-0.1, -0.05) is 36.4 Å². The van der Waals surface area contributed by atoms with E-state index in [2.05, 4.69) is 16.0 Å². The second-order valence-corrected chi connectivity index (χ2v) is 7.44. The Hall–Kier alpha value is -3.55. The van der Waals surface area contributed by atoms with Crippen molar-refractivity contribution in [1.29, 1.82) is 0 Å². The van der Waals surface area contributed by atoms with Crippen molar-refractivity contribution in [3.05, 3.63) is 60.2 Å². The van der Waals surface area contributed by atoms with Crippen LogP contribution in [0.5, 0.6) is 5.75 Å². The van der Waals surface area contributed by atoms with E-state index in [1.807, 2.05) is 18.2 Å². The molecule has 0 saturated carbocycles. The SMILES string of the molecule is CC(C)(C)OC(=O)NCC(=O)Nc1ccccc1CNC(=O)COc1ccccc1. The first-order chi connectivity index (χ1) is 14.2. The van der Waals surface area contributed by atoms with Crippen molar-refractivity contribution in [2.24, 2.45) is 0 Å². The number of nitrogens with one attached hydrogen (secondary N) is 3. The van der Waals surface area contributed by atoms with Gasteiger partial charge in [-0.25, -0.2) is 4.79 Å². The standard InChI is InChI=1S/C22H27N3O5/c1-22(2,3)30-21(28)24-14-19(26)25-18-12-8-7-9-16(18)13-23-20(27)15-29-17-10-5-4-6-11-17/h4-12H,13-15H2,1-3H3,(H,23,27)(H,24,28)(H,25,26). The van der Waals surface area contributed by atoms with Crippen LogP contribution < -0.4 is 20.7 Å². The average molecular weight is 413 g/mol. The summed E-state index contributed by atoms with van der Waals surface area (Å²) in [6, 6.07) is 16.1. The number of amides is 3. The van der Waals surface area contributed by atoms with E-state index in [9.17, 15) is 14.4 Å². The number of rotatable bonds is 8. The summed E-state index contributed by atoms with van der Waals surface area (Å²) < 4.78 is 10.5. The maximum atomic E-state index is 12.1. The molecule has 0 heterocycles. The molecule has 3 N–H and O–H groups in total. The Balaban J connectivity index is 1.81. The maximum Gasteiger partial charge on any atom is 0.408 e. The summed E-state index contributed by atoms with van der Waals surface area (Å²) in [6.45, 7) is 5.08. The highest BCUT2D eigenvalue weighted by molar-refractivity contribution is 5.94. The molecule has 0 unspecified atom stereocenters. The number of benzene rings is 2. The Kier molecular flexibility index (Phi) is 8.22. The molecule has 0 radical (unpaired) electrons. The van der Waals surface area contributed by atoms with E-state index in [0.717, 1.165) is 5.56 Å². The molecule has 0 atom stereocenters. The molecule has 2 aromatic rings. The Labute approximate surface area is 175 Å². The first kappa shape index (κ1) is 22.7. The van der Waals surface area contributed by atoms with Crippen LogP contribution in [-0.2, 0) is 20.9 Å². The summed E-state index contributed by atoms with van der Waals surface area (Å²) in [6.07, 6.45) is -0.670. The third-order valence-electron chi connectivity index (χ3n) is 3.67. The Morgan fingerprint density at radius 2 is 1.53 bits per heavy atom. The first-order valence-electron chi connectivity index (χ1n) is 9.52. The van der Waals surface area contributed by atoms with Crippen molar-refractivity contribution in [3.63, 3.8) is 0 Å². The second kappa shape index (κ2) is 10.8. The average Bonchev–Trinajstić information content (AvgIpc) is 2.69.